The van der Waals surface area contributed by atoms with Crippen LogP contribution in [0, 0.1) is 12.8 Å². The van der Waals surface area contributed by atoms with Gasteiger partial charge in [-0.2, -0.15) is 4.31 Å². The Balaban J connectivity index is 1.10. The standard InChI is InChI=1S/C34H40N4O6S/c1-24-4-13-31(36-34(41)29-11-12-29)22-32(24)27-7-9-28(10-8-27)33(40)35-30-14-5-26(6-15-30)23-37-16-18-38(19-17-37)45(42,43)21-3-20-44-25(2)39/h4-10,13-15,22,29H,3,11-12,16-21,23H2,1-2H3,(H,35,40)(H,36,41). The SMILES string of the molecule is CC(=O)OCCCS(=O)(=O)N1CCN(Cc2ccc(NC(=O)c3ccc(-c4cc(NC(=O)C5CC5)ccc4C)cc3)cc2)CC1. The van der Waals surface area contributed by atoms with Gasteiger partial charge in [-0.15, -0.1) is 0 Å². The van der Waals surface area contributed by atoms with Crippen molar-refractivity contribution in [2.75, 3.05) is 49.2 Å². The predicted octanol–water partition coefficient (Wildman–Crippen LogP) is 4.66. The van der Waals surface area contributed by atoms with Gasteiger partial charge in [-0.05, 0) is 84.8 Å². The summed E-state index contributed by atoms with van der Waals surface area (Å²) >= 11 is 0. The average Bonchev–Trinajstić information content (AvgIpc) is 3.88. The van der Waals surface area contributed by atoms with Crippen molar-refractivity contribution < 1.29 is 27.5 Å². The molecule has 0 atom stereocenters. The van der Waals surface area contributed by atoms with Crippen LogP contribution in [-0.2, 0) is 30.9 Å². The lowest BCUT2D eigenvalue weighted by Gasteiger charge is -2.34. The zero-order valence-corrected chi connectivity index (χ0v) is 26.6. The predicted molar refractivity (Wildman–Crippen MR) is 174 cm³/mol. The number of esters is 1. The Hall–Kier alpha value is -4.06. The highest BCUT2D eigenvalue weighted by Gasteiger charge is 2.29. The van der Waals surface area contributed by atoms with Gasteiger partial charge in [0.25, 0.3) is 5.91 Å². The van der Waals surface area contributed by atoms with Crippen LogP contribution in [0.4, 0.5) is 11.4 Å². The molecule has 0 spiro atoms. The van der Waals surface area contributed by atoms with Crippen LogP contribution < -0.4 is 10.6 Å². The zero-order chi connectivity index (χ0) is 32.0. The number of aryl methyl sites for hydroxylation is 1. The van der Waals surface area contributed by atoms with E-state index in [1.807, 2.05) is 61.5 Å². The lowest BCUT2D eigenvalue weighted by molar-refractivity contribution is -0.140. The summed E-state index contributed by atoms with van der Waals surface area (Å²) in [7, 11) is -3.38. The molecular weight excluding hydrogens is 592 g/mol. The minimum atomic E-state index is -3.38. The van der Waals surface area contributed by atoms with Gasteiger partial charge in [0.05, 0.1) is 12.4 Å². The summed E-state index contributed by atoms with van der Waals surface area (Å²) in [4.78, 5) is 38.2. The van der Waals surface area contributed by atoms with Gasteiger partial charge in [0.1, 0.15) is 0 Å². The van der Waals surface area contributed by atoms with Crippen molar-refractivity contribution in [3.8, 4) is 11.1 Å². The fourth-order valence-corrected chi connectivity index (χ4v) is 6.77. The van der Waals surface area contributed by atoms with Crippen LogP contribution >= 0.6 is 0 Å². The monoisotopic (exact) mass is 632 g/mol. The second-order valence-electron chi connectivity index (χ2n) is 11.7. The number of sulfonamides is 1. The lowest BCUT2D eigenvalue weighted by Crippen LogP contribution is -2.48. The molecule has 11 heteroatoms. The summed E-state index contributed by atoms with van der Waals surface area (Å²) < 4.78 is 31.6. The van der Waals surface area contributed by atoms with E-state index < -0.39 is 16.0 Å². The third-order valence-electron chi connectivity index (χ3n) is 8.11. The van der Waals surface area contributed by atoms with E-state index in [4.69, 9.17) is 4.74 Å². The maximum Gasteiger partial charge on any atom is 0.302 e. The Bertz CT molecular complexity index is 1630. The number of nitrogens with zero attached hydrogens (tertiary/aromatic N) is 2. The maximum atomic E-state index is 13.0. The number of amides is 2. The number of anilines is 2. The molecule has 1 saturated carbocycles. The van der Waals surface area contributed by atoms with Crippen LogP contribution in [0.3, 0.4) is 0 Å². The van der Waals surface area contributed by atoms with E-state index in [1.54, 1.807) is 12.1 Å². The third-order valence-corrected chi connectivity index (χ3v) is 10.1. The van der Waals surface area contributed by atoms with Crippen molar-refractivity contribution in [2.45, 2.75) is 39.7 Å². The van der Waals surface area contributed by atoms with E-state index >= 15 is 0 Å². The topological polar surface area (TPSA) is 125 Å². The number of hydrogen-bond donors (Lipinski definition) is 2. The number of rotatable bonds is 12. The van der Waals surface area contributed by atoms with Gasteiger partial charge in [-0.3, -0.25) is 19.3 Å². The summed E-state index contributed by atoms with van der Waals surface area (Å²) in [6.07, 6.45) is 2.19. The second kappa shape index (κ2) is 14.4. The molecule has 1 heterocycles. The Kier molecular flexibility index (Phi) is 10.3. The van der Waals surface area contributed by atoms with Crippen LogP contribution in [-0.4, -0.2) is 73.9 Å². The number of carbonyl (C=O) groups is 3. The fraction of sp³-hybridized carbons (Fsp3) is 0.382. The quantitative estimate of drug-likeness (QED) is 0.220. The van der Waals surface area contributed by atoms with Crippen LogP contribution in [0.15, 0.2) is 66.7 Å². The van der Waals surface area contributed by atoms with Crippen molar-refractivity contribution in [3.05, 3.63) is 83.4 Å². The average molecular weight is 633 g/mol. The van der Waals surface area contributed by atoms with Gasteiger partial charge in [0, 0.05) is 62.5 Å². The molecule has 2 amide bonds. The van der Waals surface area contributed by atoms with Crippen molar-refractivity contribution in [2.24, 2.45) is 5.92 Å². The van der Waals surface area contributed by atoms with Crippen LogP contribution in [0.1, 0.15) is 47.7 Å². The highest BCUT2D eigenvalue weighted by molar-refractivity contribution is 7.89. The van der Waals surface area contributed by atoms with E-state index in [2.05, 4.69) is 15.5 Å². The van der Waals surface area contributed by atoms with Gasteiger partial charge in [-0.25, -0.2) is 8.42 Å². The highest BCUT2D eigenvalue weighted by atomic mass is 32.2. The van der Waals surface area contributed by atoms with Crippen molar-refractivity contribution in [1.29, 1.82) is 0 Å². The number of nitrogens with one attached hydrogen (secondary N) is 2. The molecule has 0 radical (unpaired) electrons. The Labute approximate surface area is 264 Å². The van der Waals surface area contributed by atoms with E-state index in [1.165, 1.54) is 11.2 Å². The molecule has 3 aromatic rings. The highest BCUT2D eigenvalue weighted by Crippen LogP contribution is 2.32. The molecule has 0 bridgehead atoms. The molecule has 0 aromatic heterocycles. The first kappa shape index (κ1) is 32.3. The van der Waals surface area contributed by atoms with E-state index in [0.29, 0.717) is 44.0 Å². The first-order chi connectivity index (χ1) is 21.6. The summed E-state index contributed by atoms with van der Waals surface area (Å²) in [5, 5.41) is 5.96. The molecule has 5 rings (SSSR count). The number of carbonyl (C=O) groups excluding carboxylic acids is 3. The van der Waals surface area contributed by atoms with Gasteiger partial charge in [0.15, 0.2) is 0 Å². The number of piperazine rings is 1. The smallest absolute Gasteiger partial charge is 0.302 e. The summed E-state index contributed by atoms with van der Waals surface area (Å²) in [6, 6.07) is 21.0. The molecule has 2 aliphatic rings. The third kappa shape index (κ3) is 9.00. The zero-order valence-electron chi connectivity index (χ0n) is 25.8. The molecule has 2 fully saturated rings. The number of benzene rings is 3. The maximum absolute atomic E-state index is 13.0. The number of ether oxygens (including phenoxy) is 1. The molecule has 2 N–H and O–H groups in total. The summed E-state index contributed by atoms with van der Waals surface area (Å²) in [5.74, 6) is -0.445. The fourth-order valence-electron chi connectivity index (χ4n) is 5.31. The molecule has 1 saturated heterocycles. The first-order valence-electron chi connectivity index (χ1n) is 15.3. The Morgan fingerprint density at radius 3 is 2.18 bits per heavy atom. The normalized spacial score (nSPS) is 15.8. The van der Waals surface area contributed by atoms with Crippen molar-refractivity contribution in [1.82, 2.24) is 9.21 Å². The van der Waals surface area contributed by atoms with Gasteiger partial charge >= 0.3 is 5.97 Å². The molecule has 10 nitrogen and oxygen atoms in total. The minimum absolute atomic E-state index is 0.0354. The molecule has 0 unspecified atom stereocenters. The Morgan fingerprint density at radius 2 is 1.53 bits per heavy atom. The largest absolute Gasteiger partial charge is 0.466 e. The summed E-state index contributed by atoms with van der Waals surface area (Å²) in [5.41, 5.74) is 6.12. The molecule has 238 valence electrons. The minimum Gasteiger partial charge on any atom is -0.466 e. The lowest BCUT2D eigenvalue weighted by atomic mass is 9.98. The van der Waals surface area contributed by atoms with E-state index in [9.17, 15) is 22.8 Å². The Morgan fingerprint density at radius 1 is 0.867 bits per heavy atom. The van der Waals surface area contributed by atoms with Gasteiger partial charge in [-0.1, -0.05) is 30.3 Å². The molecule has 3 aromatic carbocycles. The van der Waals surface area contributed by atoms with Gasteiger partial charge < -0.3 is 15.4 Å². The van der Waals surface area contributed by atoms with Crippen LogP contribution in [0.5, 0.6) is 0 Å². The van der Waals surface area contributed by atoms with E-state index in [0.717, 1.165) is 40.8 Å². The molecule has 1 aliphatic heterocycles. The van der Waals surface area contributed by atoms with Gasteiger partial charge in [0.2, 0.25) is 15.9 Å². The van der Waals surface area contributed by atoms with E-state index in [-0.39, 0.29) is 36.5 Å². The first-order valence-corrected chi connectivity index (χ1v) is 16.9. The number of hydrogen-bond acceptors (Lipinski definition) is 7. The van der Waals surface area contributed by atoms with Crippen molar-refractivity contribution in [3.63, 3.8) is 0 Å². The van der Waals surface area contributed by atoms with Crippen LogP contribution in [0.2, 0.25) is 0 Å². The van der Waals surface area contributed by atoms with Crippen LogP contribution in [0.25, 0.3) is 11.1 Å². The molecule has 45 heavy (non-hydrogen) atoms. The van der Waals surface area contributed by atoms with Crippen molar-refractivity contribution >= 4 is 39.2 Å². The summed E-state index contributed by atoms with van der Waals surface area (Å²) in [6.45, 7) is 6.20. The molecule has 1 aliphatic carbocycles. The second-order valence-corrected chi connectivity index (χ2v) is 13.8. The molecular formula is C34H40N4O6S.